The van der Waals surface area contributed by atoms with Gasteiger partial charge in [0.1, 0.15) is 5.82 Å². The van der Waals surface area contributed by atoms with E-state index < -0.39 is 5.91 Å². The second-order valence-corrected chi connectivity index (χ2v) is 7.26. The predicted octanol–water partition coefficient (Wildman–Crippen LogP) is 2.89. The summed E-state index contributed by atoms with van der Waals surface area (Å²) in [7, 11) is 1.94. The average molecular weight is 330 g/mol. The molecule has 0 saturated carbocycles. The maximum Gasteiger partial charge on any atom is 0.252 e. The van der Waals surface area contributed by atoms with Crippen LogP contribution in [0, 0.1) is 0 Å². The lowest BCUT2D eigenvalue weighted by Gasteiger charge is -2.20. The minimum absolute atomic E-state index is 0.421. The van der Waals surface area contributed by atoms with Crippen molar-refractivity contribution in [3.63, 3.8) is 0 Å². The second kappa shape index (κ2) is 6.28. The molecule has 0 fully saturated rings. The van der Waals surface area contributed by atoms with E-state index in [1.54, 1.807) is 11.3 Å². The lowest BCUT2D eigenvalue weighted by molar-refractivity contribution is 0.100. The minimum Gasteiger partial charge on any atom is -0.365 e. The van der Waals surface area contributed by atoms with E-state index in [2.05, 4.69) is 24.2 Å². The number of nitrogens with two attached hydrogens (primary N) is 1. The van der Waals surface area contributed by atoms with Gasteiger partial charge in [-0.3, -0.25) is 4.79 Å². The molecule has 0 unspecified atom stereocenters. The van der Waals surface area contributed by atoms with Crippen LogP contribution >= 0.6 is 11.3 Å². The van der Waals surface area contributed by atoms with E-state index >= 15 is 0 Å². The van der Waals surface area contributed by atoms with Crippen LogP contribution in [0.3, 0.4) is 0 Å². The highest BCUT2D eigenvalue weighted by Crippen LogP contribution is 2.28. The third-order valence-corrected chi connectivity index (χ3v) is 5.31. The van der Waals surface area contributed by atoms with Crippen molar-refractivity contribution in [2.24, 2.45) is 5.73 Å². The number of pyridine rings is 1. The third kappa shape index (κ3) is 3.22. The van der Waals surface area contributed by atoms with Gasteiger partial charge in [-0.1, -0.05) is 13.8 Å². The van der Waals surface area contributed by atoms with Crippen molar-refractivity contribution in [1.82, 2.24) is 9.97 Å². The van der Waals surface area contributed by atoms with Crippen LogP contribution in [0.5, 0.6) is 0 Å². The molecule has 0 atom stereocenters. The number of thiazole rings is 1. The molecular formula is C17H22N4OS. The van der Waals surface area contributed by atoms with Crippen molar-refractivity contribution in [3.05, 3.63) is 39.0 Å². The van der Waals surface area contributed by atoms with E-state index in [4.69, 9.17) is 10.7 Å². The monoisotopic (exact) mass is 330 g/mol. The Bertz CT molecular complexity index is 738. The Kier molecular flexibility index (Phi) is 4.35. The van der Waals surface area contributed by atoms with E-state index in [9.17, 15) is 4.79 Å². The molecule has 0 spiro atoms. The molecule has 3 rings (SSSR count). The molecule has 1 amide bonds. The number of nitrogens with zero attached hydrogens (tertiary/aromatic N) is 3. The molecule has 2 N–H and O–H groups in total. The van der Waals surface area contributed by atoms with Crippen molar-refractivity contribution < 1.29 is 4.79 Å². The molecule has 2 aromatic rings. The molecular weight excluding hydrogens is 308 g/mol. The molecule has 1 aliphatic rings. The lowest BCUT2D eigenvalue weighted by atomic mass is 10.1. The summed E-state index contributed by atoms with van der Waals surface area (Å²) in [4.78, 5) is 23.2. The Morgan fingerprint density at radius 2 is 2.17 bits per heavy atom. The number of fused-ring (bicyclic) bond motifs is 1. The van der Waals surface area contributed by atoms with E-state index in [0.29, 0.717) is 23.8 Å². The maximum atomic E-state index is 11.8. The highest BCUT2D eigenvalue weighted by atomic mass is 32.1. The number of hydrogen-bond donors (Lipinski definition) is 1. The maximum absolute atomic E-state index is 11.8. The summed E-state index contributed by atoms with van der Waals surface area (Å²) in [6, 6.07) is 1.92. The van der Waals surface area contributed by atoms with Gasteiger partial charge in [0.15, 0.2) is 0 Å². The van der Waals surface area contributed by atoms with Crippen LogP contribution in [0.15, 0.2) is 11.4 Å². The zero-order chi connectivity index (χ0) is 16.6. The zero-order valence-electron chi connectivity index (χ0n) is 13.8. The molecule has 0 aromatic carbocycles. The molecule has 0 bridgehead atoms. The molecule has 2 aromatic heterocycles. The van der Waals surface area contributed by atoms with Crippen LogP contribution in [0.1, 0.15) is 58.5 Å². The molecule has 5 nitrogen and oxygen atoms in total. The van der Waals surface area contributed by atoms with Gasteiger partial charge in [-0.25, -0.2) is 9.97 Å². The van der Waals surface area contributed by atoms with Gasteiger partial charge in [-0.2, -0.15) is 0 Å². The van der Waals surface area contributed by atoms with Gasteiger partial charge < -0.3 is 10.6 Å². The minimum atomic E-state index is -0.421. The third-order valence-electron chi connectivity index (χ3n) is 4.12. The molecule has 0 aliphatic heterocycles. The van der Waals surface area contributed by atoms with E-state index in [1.807, 2.05) is 18.0 Å². The number of aromatic nitrogens is 2. The summed E-state index contributed by atoms with van der Waals surface area (Å²) < 4.78 is 0. The van der Waals surface area contributed by atoms with Gasteiger partial charge >= 0.3 is 0 Å². The van der Waals surface area contributed by atoms with Crippen molar-refractivity contribution in [2.45, 2.75) is 45.6 Å². The zero-order valence-corrected chi connectivity index (χ0v) is 14.6. The van der Waals surface area contributed by atoms with Crippen molar-refractivity contribution in [3.8, 4) is 0 Å². The molecule has 0 saturated heterocycles. The number of carbonyl (C=O) groups is 1. The first kappa shape index (κ1) is 15.9. The number of anilines is 1. The van der Waals surface area contributed by atoms with Crippen molar-refractivity contribution >= 4 is 23.1 Å². The van der Waals surface area contributed by atoms with Crippen LogP contribution in [0.2, 0.25) is 0 Å². The average Bonchev–Trinajstić information content (AvgIpc) is 3.13. The fraction of sp³-hybridized carbons (Fsp3) is 0.471. The summed E-state index contributed by atoms with van der Waals surface area (Å²) in [5, 5.41) is 3.20. The first-order valence-corrected chi connectivity index (χ1v) is 8.81. The summed E-state index contributed by atoms with van der Waals surface area (Å²) >= 11 is 1.68. The SMILES string of the molecule is CC(C)c1nc(CN(C)c2nc3c(cc2C(N)=O)CCC3)cs1. The van der Waals surface area contributed by atoms with E-state index in [1.165, 1.54) is 0 Å². The van der Waals surface area contributed by atoms with Gasteiger partial charge in [0, 0.05) is 24.0 Å². The quantitative estimate of drug-likeness (QED) is 0.915. The van der Waals surface area contributed by atoms with Gasteiger partial charge in [0.05, 0.1) is 22.8 Å². The number of hydrogen-bond acceptors (Lipinski definition) is 5. The van der Waals surface area contributed by atoms with Gasteiger partial charge in [-0.05, 0) is 30.9 Å². The van der Waals surface area contributed by atoms with Gasteiger partial charge in [0.2, 0.25) is 0 Å². The van der Waals surface area contributed by atoms with Crippen molar-refractivity contribution in [2.75, 3.05) is 11.9 Å². The standard InChI is InChI=1S/C17H22N4OS/c1-10(2)17-19-12(9-23-17)8-21(3)16-13(15(18)22)7-11-5-4-6-14(11)20-16/h7,9-10H,4-6,8H2,1-3H3,(H2,18,22). The van der Waals surface area contributed by atoms with Crippen LogP contribution in [0.25, 0.3) is 0 Å². The largest absolute Gasteiger partial charge is 0.365 e. The molecule has 0 radical (unpaired) electrons. The lowest BCUT2D eigenvalue weighted by Crippen LogP contribution is -2.24. The van der Waals surface area contributed by atoms with E-state index in [-0.39, 0.29) is 0 Å². The first-order chi connectivity index (χ1) is 11.0. The normalized spacial score (nSPS) is 13.4. The number of rotatable bonds is 5. The number of primary amides is 1. The Labute approximate surface area is 140 Å². The molecule has 2 heterocycles. The fourth-order valence-corrected chi connectivity index (χ4v) is 3.74. The Balaban J connectivity index is 1.88. The van der Waals surface area contributed by atoms with Gasteiger partial charge in [-0.15, -0.1) is 11.3 Å². The van der Waals surface area contributed by atoms with Crippen LogP contribution < -0.4 is 10.6 Å². The first-order valence-electron chi connectivity index (χ1n) is 7.93. The molecule has 6 heteroatoms. The van der Waals surface area contributed by atoms with E-state index in [0.717, 1.165) is 41.2 Å². The molecule has 23 heavy (non-hydrogen) atoms. The smallest absolute Gasteiger partial charge is 0.252 e. The Hall–Kier alpha value is -1.95. The fourth-order valence-electron chi connectivity index (χ4n) is 2.91. The van der Waals surface area contributed by atoms with Crippen LogP contribution in [-0.2, 0) is 19.4 Å². The second-order valence-electron chi connectivity index (χ2n) is 6.37. The Morgan fingerprint density at radius 1 is 1.39 bits per heavy atom. The summed E-state index contributed by atoms with van der Waals surface area (Å²) in [6.07, 6.45) is 3.05. The molecule has 1 aliphatic carbocycles. The van der Waals surface area contributed by atoms with Gasteiger partial charge in [0.25, 0.3) is 5.91 Å². The highest BCUT2D eigenvalue weighted by molar-refractivity contribution is 7.09. The van der Waals surface area contributed by atoms with Crippen molar-refractivity contribution in [1.29, 1.82) is 0 Å². The number of amides is 1. The Morgan fingerprint density at radius 3 is 2.83 bits per heavy atom. The summed E-state index contributed by atoms with van der Waals surface area (Å²) in [5.41, 5.74) is 9.32. The summed E-state index contributed by atoms with van der Waals surface area (Å²) in [6.45, 7) is 4.90. The molecule has 122 valence electrons. The highest BCUT2D eigenvalue weighted by Gasteiger charge is 2.21. The number of carbonyl (C=O) groups excluding carboxylic acids is 1. The van der Waals surface area contributed by atoms with Crippen LogP contribution in [-0.4, -0.2) is 22.9 Å². The van der Waals surface area contributed by atoms with Crippen LogP contribution in [0.4, 0.5) is 5.82 Å². The topological polar surface area (TPSA) is 72.1 Å². The number of aryl methyl sites for hydroxylation is 2. The predicted molar refractivity (Wildman–Crippen MR) is 93.1 cm³/mol. The summed E-state index contributed by atoms with van der Waals surface area (Å²) in [5.74, 6) is 0.672.